The highest BCUT2D eigenvalue weighted by atomic mass is 15.0. The zero-order valence-corrected chi connectivity index (χ0v) is 15.5. The van der Waals surface area contributed by atoms with Gasteiger partial charge in [-0.2, -0.15) is 0 Å². The second-order valence-electron chi connectivity index (χ2n) is 7.12. The molecule has 1 aliphatic carbocycles. The topological polar surface area (TPSA) is 3.24 Å². The summed E-state index contributed by atoms with van der Waals surface area (Å²) >= 11 is 0. The van der Waals surface area contributed by atoms with Gasteiger partial charge in [0.15, 0.2) is 0 Å². The molecule has 0 fully saturated rings. The van der Waals surface area contributed by atoms with E-state index in [9.17, 15) is 0 Å². The van der Waals surface area contributed by atoms with Gasteiger partial charge in [-0.3, -0.25) is 0 Å². The molecule has 3 rings (SSSR count). The Labute approximate surface area is 146 Å². The van der Waals surface area contributed by atoms with Gasteiger partial charge >= 0.3 is 0 Å². The van der Waals surface area contributed by atoms with Gasteiger partial charge in [0.1, 0.15) is 0 Å². The van der Waals surface area contributed by atoms with E-state index in [1.165, 1.54) is 44.5 Å². The summed E-state index contributed by atoms with van der Waals surface area (Å²) in [5.74, 6) is 0. The molecule has 0 aliphatic heterocycles. The molecule has 0 saturated carbocycles. The van der Waals surface area contributed by atoms with E-state index in [1.54, 1.807) is 0 Å². The first-order valence-electron chi connectivity index (χ1n) is 8.68. The molecule has 0 amide bonds. The molecule has 0 saturated heterocycles. The van der Waals surface area contributed by atoms with Crippen molar-refractivity contribution in [3.63, 3.8) is 0 Å². The van der Waals surface area contributed by atoms with Crippen molar-refractivity contribution in [3.05, 3.63) is 76.4 Å². The quantitative estimate of drug-likeness (QED) is 0.714. The summed E-state index contributed by atoms with van der Waals surface area (Å²) in [6, 6.07) is 13.4. The van der Waals surface area contributed by atoms with Crippen LogP contribution in [0.1, 0.15) is 28.7 Å². The number of nitrogens with zero attached hydrogens (tertiary/aromatic N) is 1. The van der Waals surface area contributed by atoms with E-state index in [1.807, 2.05) is 0 Å². The van der Waals surface area contributed by atoms with Gasteiger partial charge in [-0.1, -0.05) is 48.6 Å². The Balaban J connectivity index is 2.04. The maximum absolute atomic E-state index is 2.37. The van der Waals surface area contributed by atoms with Crippen molar-refractivity contribution < 1.29 is 0 Å². The van der Waals surface area contributed by atoms with Crippen LogP contribution in [0.25, 0.3) is 16.7 Å². The van der Waals surface area contributed by atoms with Crippen molar-refractivity contribution in [2.45, 2.75) is 27.2 Å². The third-order valence-electron chi connectivity index (χ3n) is 5.06. The molecule has 0 atom stereocenters. The molecular weight excluding hydrogens is 290 g/mol. The highest BCUT2D eigenvalue weighted by molar-refractivity contribution is 5.85. The van der Waals surface area contributed by atoms with Gasteiger partial charge in [0, 0.05) is 6.54 Å². The Kier molecular flexibility index (Phi) is 4.73. The van der Waals surface area contributed by atoms with Gasteiger partial charge in [0.05, 0.1) is 0 Å². The summed E-state index contributed by atoms with van der Waals surface area (Å²) in [7, 11) is 4.25. The molecule has 124 valence electrons. The fourth-order valence-electron chi connectivity index (χ4n) is 3.49. The lowest BCUT2D eigenvalue weighted by molar-refractivity contribution is 0.449. The smallest absolute Gasteiger partial charge is 0.0224 e. The maximum Gasteiger partial charge on any atom is 0.0224 e. The first kappa shape index (κ1) is 16.7. The van der Waals surface area contributed by atoms with Crippen LogP contribution in [0.15, 0.2) is 54.1 Å². The third kappa shape index (κ3) is 3.22. The van der Waals surface area contributed by atoms with Crippen LogP contribution in [0.3, 0.4) is 0 Å². The van der Waals surface area contributed by atoms with E-state index in [4.69, 9.17) is 0 Å². The van der Waals surface area contributed by atoms with Crippen molar-refractivity contribution in [3.8, 4) is 11.1 Å². The predicted octanol–water partition coefficient (Wildman–Crippen LogP) is 5.55. The number of benzene rings is 2. The number of likely N-dealkylation sites (N-methyl/N-ethyl adjacent to an activating group) is 1. The van der Waals surface area contributed by atoms with Crippen molar-refractivity contribution >= 4 is 5.57 Å². The second-order valence-corrected chi connectivity index (χ2v) is 7.12. The van der Waals surface area contributed by atoms with Crippen LogP contribution in [0.5, 0.6) is 0 Å². The summed E-state index contributed by atoms with van der Waals surface area (Å²) in [4.78, 5) is 2.23. The lowest BCUT2D eigenvalue weighted by atomic mass is 9.89. The Morgan fingerprint density at radius 2 is 1.54 bits per heavy atom. The van der Waals surface area contributed by atoms with E-state index >= 15 is 0 Å². The third-order valence-corrected chi connectivity index (χ3v) is 5.06. The molecule has 1 aliphatic rings. The van der Waals surface area contributed by atoms with Gasteiger partial charge in [0.25, 0.3) is 0 Å². The van der Waals surface area contributed by atoms with Gasteiger partial charge in [-0.25, -0.2) is 0 Å². The minimum atomic E-state index is 1.01. The highest BCUT2D eigenvalue weighted by Gasteiger charge is 2.15. The first-order chi connectivity index (χ1) is 11.5. The van der Waals surface area contributed by atoms with Gasteiger partial charge in [0.2, 0.25) is 0 Å². The molecule has 0 spiro atoms. The largest absolute Gasteiger partial charge is 0.305 e. The van der Waals surface area contributed by atoms with Crippen LogP contribution >= 0.6 is 0 Å². The molecular formula is C23H27N. The van der Waals surface area contributed by atoms with Crippen LogP contribution < -0.4 is 0 Å². The second kappa shape index (κ2) is 6.78. The Bertz CT molecular complexity index is 822. The molecule has 1 heteroatoms. The standard InChI is InChI=1S/C23H27N/c1-16-10-13-21(18(3)17(16)2)23-9-7-6-8-22(23)20-12-11-19(14-20)15-24(4)5/h6-11,13-14H,12,15H2,1-5H3. The molecule has 2 aromatic carbocycles. The monoisotopic (exact) mass is 317 g/mol. The highest BCUT2D eigenvalue weighted by Crippen LogP contribution is 2.36. The summed E-state index contributed by atoms with van der Waals surface area (Å²) in [5.41, 5.74) is 11.1. The lowest BCUT2D eigenvalue weighted by Crippen LogP contribution is -2.13. The molecule has 24 heavy (non-hydrogen) atoms. The molecule has 0 aromatic heterocycles. The lowest BCUT2D eigenvalue weighted by Gasteiger charge is -2.16. The Hall–Kier alpha value is -2.12. The fraction of sp³-hybridized carbons (Fsp3) is 0.304. The van der Waals surface area contributed by atoms with Crippen LogP contribution in [0.2, 0.25) is 0 Å². The average Bonchev–Trinajstić information content (AvgIpc) is 3.00. The molecule has 0 bridgehead atoms. The van der Waals surface area contributed by atoms with E-state index in [0.29, 0.717) is 0 Å². The molecule has 0 radical (unpaired) electrons. The Morgan fingerprint density at radius 3 is 2.25 bits per heavy atom. The van der Waals surface area contributed by atoms with Gasteiger partial charge < -0.3 is 4.90 Å². The van der Waals surface area contributed by atoms with E-state index in [0.717, 1.165) is 13.0 Å². The number of allylic oxidation sites excluding steroid dienone is 2. The van der Waals surface area contributed by atoms with Crippen molar-refractivity contribution in [2.24, 2.45) is 0 Å². The maximum atomic E-state index is 2.37. The minimum Gasteiger partial charge on any atom is -0.305 e. The summed E-state index contributed by atoms with van der Waals surface area (Å²) in [5, 5.41) is 0. The molecule has 0 N–H and O–H groups in total. The number of aryl methyl sites for hydroxylation is 1. The normalized spacial score (nSPS) is 14.1. The van der Waals surface area contributed by atoms with Crippen LogP contribution in [0, 0.1) is 20.8 Å². The SMILES string of the molecule is Cc1ccc(-c2ccccc2C2=CC(CN(C)C)=CC2)c(C)c1C. The molecule has 1 nitrogen and oxygen atoms in total. The first-order valence-corrected chi connectivity index (χ1v) is 8.68. The van der Waals surface area contributed by atoms with Crippen LogP contribution in [-0.4, -0.2) is 25.5 Å². The number of rotatable bonds is 4. The van der Waals surface area contributed by atoms with Crippen molar-refractivity contribution in [1.82, 2.24) is 4.90 Å². The summed E-state index contributed by atoms with van der Waals surface area (Å²) in [6.07, 6.45) is 5.76. The zero-order valence-electron chi connectivity index (χ0n) is 15.5. The molecule has 0 heterocycles. The van der Waals surface area contributed by atoms with Crippen LogP contribution in [-0.2, 0) is 0 Å². The van der Waals surface area contributed by atoms with Gasteiger partial charge in [-0.15, -0.1) is 0 Å². The fourth-order valence-corrected chi connectivity index (χ4v) is 3.49. The minimum absolute atomic E-state index is 1.01. The van der Waals surface area contributed by atoms with E-state index in [2.05, 4.69) is 88.3 Å². The van der Waals surface area contributed by atoms with Crippen molar-refractivity contribution in [2.75, 3.05) is 20.6 Å². The van der Waals surface area contributed by atoms with Gasteiger partial charge in [-0.05, 0) is 85.8 Å². The number of hydrogen-bond donors (Lipinski definition) is 0. The van der Waals surface area contributed by atoms with E-state index < -0.39 is 0 Å². The van der Waals surface area contributed by atoms with E-state index in [-0.39, 0.29) is 0 Å². The van der Waals surface area contributed by atoms with Crippen LogP contribution in [0.4, 0.5) is 0 Å². The summed E-state index contributed by atoms with van der Waals surface area (Å²) in [6.45, 7) is 7.67. The zero-order chi connectivity index (χ0) is 17.3. The number of hydrogen-bond acceptors (Lipinski definition) is 1. The molecule has 0 unspecified atom stereocenters. The summed E-state index contributed by atoms with van der Waals surface area (Å²) < 4.78 is 0. The van der Waals surface area contributed by atoms with Crippen molar-refractivity contribution in [1.29, 1.82) is 0 Å². The average molecular weight is 317 g/mol. The predicted molar refractivity (Wildman–Crippen MR) is 105 cm³/mol. The molecule has 2 aromatic rings. The Morgan fingerprint density at radius 1 is 0.833 bits per heavy atom.